The summed E-state index contributed by atoms with van der Waals surface area (Å²) in [5.41, 5.74) is -1.01. The number of amides is 1. The van der Waals surface area contributed by atoms with Gasteiger partial charge in [0.15, 0.2) is 0 Å². The fraction of sp³-hybridized carbons (Fsp3) is 0.920. The molecule has 2 aliphatic carbocycles. The van der Waals surface area contributed by atoms with E-state index in [1.54, 1.807) is 0 Å². The molecule has 196 valence electrons. The lowest BCUT2D eigenvalue weighted by Crippen LogP contribution is -2.52. The molecular weight excluding hydrogens is 449 g/mol. The van der Waals surface area contributed by atoms with Crippen molar-refractivity contribution in [2.24, 2.45) is 35.0 Å². The van der Waals surface area contributed by atoms with Crippen LogP contribution in [0.1, 0.15) is 73.6 Å². The van der Waals surface area contributed by atoms with Gasteiger partial charge in [-0.1, -0.05) is 20.8 Å². The van der Waals surface area contributed by atoms with Crippen LogP contribution < -0.4 is 5.32 Å². The molecule has 0 spiro atoms. The van der Waals surface area contributed by atoms with Crippen LogP contribution in [0.5, 0.6) is 0 Å². The highest BCUT2D eigenvalue weighted by molar-refractivity contribution is 5.88. The molecule has 3 aliphatic rings. The third-order valence-corrected chi connectivity index (χ3v) is 7.43. The molecule has 6 nitrogen and oxygen atoms in total. The zero-order valence-electron chi connectivity index (χ0n) is 21.2. The highest BCUT2D eigenvalue weighted by atomic mass is 19.4. The highest BCUT2D eigenvalue weighted by Gasteiger charge is 2.59. The van der Waals surface area contributed by atoms with Gasteiger partial charge in [0, 0.05) is 30.5 Å². The molecule has 9 heteroatoms. The van der Waals surface area contributed by atoms with Gasteiger partial charge in [-0.2, -0.15) is 13.2 Å². The maximum Gasteiger partial charge on any atom is 0.397 e. The second kappa shape index (κ2) is 9.69. The molecule has 34 heavy (non-hydrogen) atoms. The van der Waals surface area contributed by atoms with Crippen LogP contribution in [0.4, 0.5) is 13.2 Å². The fourth-order valence-electron chi connectivity index (χ4n) is 6.12. The molecule has 1 aliphatic heterocycles. The Morgan fingerprint density at radius 3 is 2.26 bits per heavy atom. The summed E-state index contributed by atoms with van der Waals surface area (Å²) in [6, 6.07) is -0.328. The number of ketones is 1. The number of aliphatic hydroxyl groups excluding tert-OH is 1. The van der Waals surface area contributed by atoms with Crippen molar-refractivity contribution in [1.29, 1.82) is 0 Å². The summed E-state index contributed by atoms with van der Waals surface area (Å²) in [7, 11) is 0. The van der Waals surface area contributed by atoms with Crippen molar-refractivity contribution >= 4 is 11.7 Å². The van der Waals surface area contributed by atoms with Crippen molar-refractivity contribution in [2.45, 2.75) is 97.9 Å². The molecule has 7 atom stereocenters. The number of nitrogens with one attached hydrogen (secondary N) is 1. The lowest BCUT2D eigenvalue weighted by Gasteiger charge is -2.42. The number of Topliss-reactive ketones (excluding diaryl/α,β-unsaturated/α-hetero) is 1. The predicted octanol–water partition coefficient (Wildman–Crippen LogP) is 4.11. The van der Waals surface area contributed by atoms with Gasteiger partial charge in [-0.3, -0.25) is 14.9 Å². The van der Waals surface area contributed by atoms with Gasteiger partial charge >= 0.3 is 6.18 Å². The molecule has 3 rings (SSSR count). The first-order valence-corrected chi connectivity index (χ1v) is 12.5. The average Bonchev–Trinajstić information content (AvgIpc) is 3.35. The van der Waals surface area contributed by atoms with Crippen LogP contribution in [0.15, 0.2) is 0 Å². The molecule has 0 aromatic rings. The number of aliphatic hydroxyl groups is 1. The van der Waals surface area contributed by atoms with Crippen molar-refractivity contribution < 1.29 is 32.6 Å². The number of nitrogens with zero attached hydrogens (tertiary/aromatic N) is 1. The summed E-state index contributed by atoms with van der Waals surface area (Å²) in [6.07, 6.45) is -4.00. The van der Waals surface area contributed by atoms with Gasteiger partial charge in [-0.25, -0.2) is 0 Å². The largest absolute Gasteiger partial charge is 0.397 e. The van der Waals surface area contributed by atoms with Crippen LogP contribution in [-0.4, -0.2) is 59.0 Å². The van der Waals surface area contributed by atoms with E-state index >= 15 is 0 Å². The van der Waals surface area contributed by atoms with Gasteiger partial charge in [0.05, 0.1) is 5.60 Å². The van der Waals surface area contributed by atoms with Crippen LogP contribution in [0, 0.1) is 35.0 Å². The SMILES string of the molecule is CC(C)(C)OC(O)NCCC1CC2C[C@@H]1C([C@@H]1CC1C(=O)C(C)(C)C)N(C(=O)CC(F)(F)F)C2. The number of carbonyl (C=O) groups is 2. The summed E-state index contributed by atoms with van der Waals surface area (Å²) in [6.45, 7) is 12.0. The molecule has 1 saturated heterocycles. The maximum atomic E-state index is 13.1. The molecule has 2 N–H and O–H groups in total. The predicted molar refractivity (Wildman–Crippen MR) is 121 cm³/mol. The van der Waals surface area contributed by atoms with E-state index in [1.165, 1.54) is 4.90 Å². The number of alkyl halides is 3. The van der Waals surface area contributed by atoms with Crippen LogP contribution >= 0.6 is 0 Å². The monoisotopic (exact) mass is 490 g/mol. The minimum absolute atomic E-state index is 0.0705. The van der Waals surface area contributed by atoms with Crippen molar-refractivity contribution in [3.63, 3.8) is 0 Å². The third-order valence-electron chi connectivity index (χ3n) is 7.43. The quantitative estimate of drug-likeness (QED) is 0.501. The molecule has 2 bridgehead atoms. The van der Waals surface area contributed by atoms with Crippen LogP contribution in [-0.2, 0) is 14.3 Å². The lowest BCUT2D eigenvalue weighted by atomic mass is 9.79. The number of halogens is 3. The Labute approximate surface area is 201 Å². The topological polar surface area (TPSA) is 78.9 Å². The molecule has 0 aromatic heterocycles. The van der Waals surface area contributed by atoms with E-state index in [9.17, 15) is 27.9 Å². The highest BCUT2D eigenvalue weighted by Crippen LogP contribution is 2.56. The van der Waals surface area contributed by atoms with Gasteiger partial charge in [-0.05, 0) is 70.1 Å². The van der Waals surface area contributed by atoms with Crippen molar-refractivity contribution in [2.75, 3.05) is 13.1 Å². The standard InChI is InChI=1S/C25H41F3N2O4/c1-23(2,3)21(32)18-11-17(18)20-16-10-14(13-30(20)19(31)12-25(26,27)28)9-15(16)7-8-29-22(33)34-24(4,5)6/h14-18,20,22,29,33H,7-13H2,1-6H3/t14?,15?,16-,17+,18?,20?,22?/m0/s1. The summed E-state index contributed by atoms with van der Waals surface area (Å²) in [4.78, 5) is 27.1. The number of hydrogen-bond acceptors (Lipinski definition) is 5. The molecule has 2 saturated carbocycles. The van der Waals surface area contributed by atoms with E-state index in [0.717, 1.165) is 19.3 Å². The molecule has 0 aromatic carbocycles. The molecule has 0 radical (unpaired) electrons. The van der Waals surface area contributed by atoms with Gasteiger partial charge in [0.2, 0.25) is 12.3 Å². The van der Waals surface area contributed by atoms with Gasteiger partial charge in [0.25, 0.3) is 0 Å². The lowest BCUT2D eigenvalue weighted by molar-refractivity contribution is -0.181. The van der Waals surface area contributed by atoms with Gasteiger partial charge < -0.3 is 14.7 Å². The van der Waals surface area contributed by atoms with Crippen molar-refractivity contribution in [1.82, 2.24) is 10.2 Å². The van der Waals surface area contributed by atoms with E-state index in [0.29, 0.717) is 19.5 Å². The minimum Gasteiger partial charge on any atom is -0.356 e. The Bertz CT molecular complexity index is 759. The molecular formula is C25H41F3N2O4. The Morgan fingerprint density at radius 2 is 1.71 bits per heavy atom. The minimum atomic E-state index is -4.55. The van der Waals surface area contributed by atoms with E-state index in [-0.39, 0.29) is 41.4 Å². The zero-order chi connectivity index (χ0) is 25.6. The second-order valence-corrected chi connectivity index (χ2v) is 12.5. The molecule has 1 heterocycles. The van der Waals surface area contributed by atoms with Crippen LogP contribution in [0.2, 0.25) is 0 Å². The number of piperidine rings is 1. The maximum absolute atomic E-state index is 13.1. The number of hydrogen-bond donors (Lipinski definition) is 2. The number of ether oxygens (including phenoxy) is 1. The first kappa shape index (κ1) is 27.4. The van der Waals surface area contributed by atoms with E-state index in [2.05, 4.69) is 5.32 Å². The van der Waals surface area contributed by atoms with E-state index in [1.807, 2.05) is 41.5 Å². The van der Waals surface area contributed by atoms with E-state index in [4.69, 9.17) is 4.74 Å². The smallest absolute Gasteiger partial charge is 0.356 e. The second-order valence-electron chi connectivity index (χ2n) is 12.5. The van der Waals surface area contributed by atoms with Gasteiger partial charge in [-0.15, -0.1) is 0 Å². The van der Waals surface area contributed by atoms with Crippen LogP contribution in [0.25, 0.3) is 0 Å². The first-order valence-electron chi connectivity index (χ1n) is 12.5. The average molecular weight is 491 g/mol. The van der Waals surface area contributed by atoms with Crippen molar-refractivity contribution in [3.05, 3.63) is 0 Å². The summed E-state index contributed by atoms with van der Waals surface area (Å²) in [5.74, 6) is -0.535. The summed E-state index contributed by atoms with van der Waals surface area (Å²) in [5, 5.41) is 13.0. The number of likely N-dealkylation sites (tertiary alicyclic amines) is 1. The normalized spacial score (nSPS) is 32.6. The zero-order valence-corrected chi connectivity index (χ0v) is 21.2. The van der Waals surface area contributed by atoms with Crippen LogP contribution in [0.3, 0.4) is 0 Å². The Morgan fingerprint density at radius 1 is 1.06 bits per heavy atom. The fourth-order valence-corrected chi connectivity index (χ4v) is 6.12. The summed E-state index contributed by atoms with van der Waals surface area (Å²) >= 11 is 0. The van der Waals surface area contributed by atoms with E-state index < -0.39 is 35.9 Å². The Hall–Kier alpha value is -1.19. The number of fused-ring (bicyclic) bond motifs is 2. The Balaban J connectivity index is 1.71. The van der Waals surface area contributed by atoms with Crippen molar-refractivity contribution in [3.8, 4) is 0 Å². The number of carbonyl (C=O) groups excluding carboxylic acids is 2. The third kappa shape index (κ3) is 6.94. The Kier molecular flexibility index (Phi) is 7.81. The molecule has 1 amide bonds. The number of rotatable bonds is 8. The first-order chi connectivity index (χ1) is 15.5. The van der Waals surface area contributed by atoms with Gasteiger partial charge in [0.1, 0.15) is 12.2 Å². The molecule has 5 unspecified atom stereocenters. The molecule has 3 fully saturated rings. The summed E-state index contributed by atoms with van der Waals surface area (Å²) < 4.78 is 44.7.